The van der Waals surface area contributed by atoms with Gasteiger partial charge in [0, 0.05) is 5.92 Å². The van der Waals surface area contributed by atoms with E-state index < -0.39 is 26.2 Å². The summed E-state index contributed by atoms with van der Waals surface area (Å²) in [6.45, 7) is 0. The molecule has 0 spiro atoms. The van der Waals surface area contributed by atoms with Crippen molar-refractivity contribution in [2.45, 2.75) is 42.6 Å². The molecule has 2 atom stereocenters. The van der Waals surface area contributed by atoms with Crippen molar-refractivity contribution < 1.29 is 17.6 Å². The predicted octanol–water partition coefficient (Wildman–Crippen LogP) is 2.75. The zero-order valence-corrected chi connectivity index (χ0v) is 11.9. The van der Waals surface area contributed by atoms with Gasteiger partial charge in [0.25, 0.3) is 0 Å². The standard InChI is InChI=1S/C15H17FO3S/c16-14-7-2-1-6-13(14)15(17)10-8-11-4-3-5-12(9-10)20(11,18)19/h1-2,6-7,10-12H,3-5,8-9H2. The second-order valence-electron chi connectivity index (χ2n) is 5.78. The van der Waals surface area contributed by atoms with E-state index in [0.717, 1.165) is 6.42 Å². The Kier molecular flexibility index (Phi) is 3.40. The summed E-state index contributed by atoms with van der Waals surface area (Å²) in [6, 6.07) is 5.94. The predicted molar refractivity (Wildman–Crippen MR) is 73.8 cm³/mol. The Morgan fingerprint density at radius 1 is 1.10 bits per heavy atom. The average Bonchev–Trinajstić information content (AvgIpc) is 2.37. The second kappa shape index (κ2) is 4.95. The number of carbonyl (C=O) groups excluding carboxylic acids is 1. The minimum absolute atomic E-state index is 0.0925. The van der Waals surface area contributed by atoms with Crippen LogP contribution < -0.4 is 0 Å². The summed E-state index contributed by atoms with van der Waals surface area (Å²) in [6.07, 6.45) is 2.90. The highest BCUT2D eigenvalue weighted by atomic mass is 32.2. The number of halogens is 1. The summed E-state index contributed by atoms with van der Waals surface area (Å²) in [5.41, 5.74) is 0.0925. The SMILES string of the molecule is O=C(c1ccccc1F)C1CC2CCCC(C1)S2(=O)=O. The molecule has 2 bridgehead atoms. The molecule has 2 saturated heterocycles. The number of Topliss-reactive ketones (excluding diaryl/α,β-unsaturated/α-hetero) is 1. The van der Waals surface area contributed by atoms with E-state index >= 15 is 0 Å². The lowest BCUT2D eigenvalue weighted by Gasteiger charge is -2.38. The van der Waals surface area contributed by atoms with E-state index in [2.05, 4.69) is 0 Å². The van der Waals surface area contributed by atoms with Crippen molar-refractivity contribution in [3.8, 4) is 0 Å². The monoisotopic (exact) mass is 296 g/mol. The molecular weight excluding hydrogens is 279 g/mol. The molecule has 0 N–H and O–H groups in total. The first-order valence-electron chi connectivity index (χ1n) is 7.01. The molecule has 20 heavy (non-hydrogen) atoms. The zero-order chi connectivity index (χ0) is 14.3. The topological polar surface area (TPSA) is 51.2 Å². The van der Waals surface area contributed by atoms with E-state index in [9.17, 15) is 17.6 Å². The number of carbonyl (C=O) groups is 1. The van der Waals surface area contributed by atoms with Crippen LogP contribution in [0, 0.1) is 11.7 Å². The van der Waals surface area contributed by atoms with Gasteiger partial charge in [0.15, 0.2) is 15.6 Å². The molecule has 1 aromatic rings. The van der Waals surface area contributed by atoms with Gasteiger partial charge in [-0.2, -0.15) is 0 Å². The average molecular weight is 296 g/mol. The van der Waals surface area contributed by atoms with Crippen molar-refractivity contribution in [3.05, 3.63) is 35.6 Å². The molecule has 0 amide bonds. The van der Waals surface area contributed by atoms with Crippen molar-refractivity contribution in [1.29, 1.82) is 0 Å². The second-order valence-corrected chi connectivity index (χ2v) is 8.29. The fourth-order valence-corrected chi connectivity index (χ4v) is 6.04. The number of benzene rings is 1. The third-order valence-electron chi connectivity index (χ3n) is 4.59. The molecule has 2 aliphatic heterocycles. The van der Waals surface area contributed by atoms with E-state index in [1.807, 2.05) is 0 Å². The van der Waals surface area contributed by atoms with E-state index in [0.29, 0.717) is 25.7 Å². The number of fused-ring (bicyclic) bond motifs is 2. The summed E-state index contributed by atoms with van der Waals surface area (Å²) in [7, 11) is -3.07. The number of rotatable bonds is 2. The summed E-state index contributed by atoms with van der Waals surface area (Å²) in [5, 5.41) is -0.813. The Balaban J connectivity index is 1.87. The van der Waals surface area contributed by atoms with Crippen LogP contribution >= 0.6 is 0 Å². The van der Waals surface area contributed by atoms with Crippen LogP contribution in [0.5, 0.6) is 0 Å². The molecule has 0 aliphatic carbocycles. The minimum Gasteiger partial charge on any atom is -0.294 e. The lowest BCUT2D eigenvalue weighted by molar-refractivity contribution is 0.0890. The highest BCUT2D eigenvalue weighted by Crippen LogP contribution is 2.40. The summed E-state index contributed by atoms with van der Waals surface area (Å²) in [4.78, 5) is 12.4. The van der Waals surface area contributed by atoms with Gasteiger partial charge in [-0.3, -0.25) is 4.79 Å². The lowest BCUT2D eigenvalue weighted by atomic mass is 9.84. The number of sulfone groups is 1. The normalized spacial score (nSPS) is 31.8. The molecule has 2 aliphatic rings. The maximum absolute atomic E-state index is 13.7. The Morgan fingerprint density at radius 3 is 2.30 bits per heavy atom. The van der Waals surface area contributed by atoms with Crippen LogP contribution in [0.3, 0.4) is 0 Å². The van der Waals surface area contributed by atoms with Crippen LogP contribution in [0.25, 0.3) is 0 Å². The molecule has 0 saturated carbocycles. The van der Waals surface area contributed by atoms with Gasteiger partial charge in [-0.15, -0.1) is 0 Å². The highest BCUT2D eigenvalue weighted by Gasteiger charge is 2.46. The van der Waals surface area contributed by atoms with Gasteiger partial charge in [0.05, 0.1) is 16.1 Å². The first kappa shape index (κ1) is 13.7. The smallest absolute Gasteiger partial charge is 0.168 e. The molecule has 3 nitrogen and oxygen atoms in total. The Morgan fingerprint density at radius 2 is 1.70 bits per heavy atom. The Bertz CT molecular complexity index is 618. The molecule has 0 radical (unpaired) electrons. The Hall–Kier alpha value is -1.23. The summed E-state index contributed by atoms with van der Waals surface area (Å²) < 4.78 is 38.1. The Labute approximate surface area is 118 Å². The summed E-state index contributed by atoms with van der Waals surface area (Å²) in [5.74, 6) is -1.11. The van der Waals surface area contributed by atoms with Gasteiger partial charge in [0.2, 0.25) is 0 Å². The van der Waals surface area contributed by atoms with Gasteiger partial charge < -0.3 is 0 Å². The van der Waals surface area contributed by atoms with Crippen LogP contribution in [-0.2, 0) is 9.84 Å². The van der Waals surface area contributed by atoms with Gasteiger partial charge in [-0.1, -0.05) is 18.6 Å². The van der Waals surface area contributed by atoms with Crippen LogP contribution in [0.15, 0.2) is 24.3 Å². The molecule has 3 rings (SSSR count). The fourth-order valence-electron chi connectivity index (χ4n) is 3.50. The third-order valence-corrected chi connectivity index (χ3v) is 7.30. The van der Waals surface area contributed by atoms with Crippen molar-refractivity contribution >= 4 is 15.6 Å². The first-order chi connectivity index (χ1) is 9.50. The molecule has 5 heteroatoms. The number of hydrogen-bond acceptors (Lipinski definition) is 3. The van der Waals surface area contributed by atoms with E-state index in [4.69, 9.17) is 0 Å². The van der Waals surface area contributed by atoms with Crippen molar-refractivity contribution in [3.63, 3.8) is 0 Å². The van der Waals surface area contributed by atoms with Gasteiger partial charge in [-0.25, -0.2) is 12.8 Å². The van der Waals surface area contributed by atoms with E-state index in [1.54, 1.807) is 12.1 Å². The molecule has 2 heterocycles. The fraction of sp³-hybridized carbons (Fsp3) is 0.533. The number of ketones is 1. The maximum atomic E-state index is 13.7. The molecule has 108 valence electrons. The van der Waals surface area contributed by atoms with Crippen LogP contribution in [0.2, 0.25) is 0 Å². The van der Waals surface area contributed by atoms with Crippen LogP contribution in [0.1, 0.15) is 42.5 Å². The minimum atomic E-state index is -3.07. The molecule has 2 fully saturated rings. The van der Waals surface area contributed by atoms with Gasteiger partial charge in [0.1, 0.15) is 5.82 Å². The third kappa shape index (κ3) is 2.18. The van der Waals surface area contributed by atoms with Crippen molar-refractivity contribution in [1.82, 2.24) is 0 Å². The molecule has 2 unspecified atom stereocenters. The van der Waals surface area contributed by atoms with Crippen molar-refractivity contribution in [2.75, 3.05) is 0 Å². The summed E-state index contributed by atoms with van der Waals surface area (Å²) >= 11 is 0. The van der Waals surface area contributed by atoms with Gasteiger partial charge in [-0.05, 0) is 37.8 Å². The number of hydrogen-bond donors (Lipinski definition) is 0. The molecule has 0 aromatic heterocycles. The van der Waals surface area contributed by atoms with Gasteiger partial charge >= 0.3 is 0 Å². The molecule has 1 aromatic carbocycles. The maximum Gasteiger partial charge on any atom is 0.168 e. The largest absolute Gasteiger partial charge is 0.294 e. The van der Waals surface area contributed by atoms with E-state index in [1.165, 1.54) is 12.1 Å². The van der Waals surface area contributed by atoms with E-state index in [-0.39, 0.29) is 17.3 Å². The zero-order valence-electron chi connectivity index (χ0n) is 11.1. The van der Waals surface area contributed by atoms with Crippen molar-refractivity contribution in [2.24, 2.45) is 5.92 Å². The van der Waals surface area contributed by atoms with Crippen LogP contribution in [-0.4, -0.2) is 24.7 Å². The lowest BCUT2D eigenvalue weighted by Crippen LogP contribution is -2.45. The van der Waals surface area contributed by atoms with Crippen LogP contribution in [0.4, 0.5) is 4.39 Å². The highest BCUT2D eigenvalue weighted by molar-refractivity contribution is 7.92. The first-order valence-corrected chi connectivity index (χ1v) is 8.62. The molecular formula is C15H17FO3S. The quantitative estimate of drug-likeness (QED) is 0.789.